The van der Waals surface area contributed by atoms with Crippen LogP contribution in [0.2, 0.25) is 0 Å². The molecular formula is C12H15NOS2. The van der Waals surface area contributed by atoms with Gasteiger partial charge in [-0.05, 0) is 24.3 Å². The third-order valence-corrected chi connectivity index (χ3v) is 4.16. The van der Waals surface area contributed by atoms with E-state index in [0.29, 0.717) is 0 Å². The smallest absolute Gasteiger partial charge is 0.162 e. The van der Waals surface area contributed by atoms with Gasteiger partial charge in [-0.3, -0.25) is 0 Å². The average molecular weight is 253 g/mol. The van der Waals surface area contributed by atoms with Gasteiger partial charge in [-0.2, -0.15) is 11.8 Å². The van der Waals surface area contributed by atoms with E-state index in [1.807, 2.05) is 23.9 Å². The molecule has 0 N–H and O–H groups in total. The van der Waals surface area contributed by atoms with Crippen LogP contribution >= 0.6 is 23.1 Å². The highest BCUT2D eigenvalue weighted by atomic mass is 32.2. The number of rotatable bonds is 6. The predicted molar refractivity (Wildman–Crippen MR) is 70.9 cm³/mol. The zero-order valence-electron chi connectivity index (χ0n) is 9.31. The molecule has 0 spiro atoms. The molecule has 2 nitrogen and oxygen atoms in total. The number of thiazole rings is 1. The summed E-state index contributed by atoms with van der Waals surface area (Å²) in [5.41, 5.74) is 1.16. The van der Waals surface area contributed by atoms with Crippen molar-refractivity contribution in [3.8, 4) is 10.8 Å². The van der Waals surface area contributed by atoms with Crippen molar-refractivity contribution in [2.75, 3.05) is 5.75 Å². The van der Waals surface area contributed by atoms with Crippen molar-refractivity contribution in [2.24, 2.45) is 0 Å². The summed E-state index contributed by atoms with van der Waals surface area (Å²) >= 11 is 3.61. The van der Waals surface area contributed by atoms with E-state index in [-0.39, 0.29) is 0 Å². The van der Waals surface area contributed by atoms with E-state index in [9.17, 15) is 0 Å². The molecule has 2 rings (SSSR count). The highest BCUT2D eigenvalue weighted by molar-refractivity contribution is 7.98. The zero-order valence-corrected chi connectivity index (χ0v) is 10.9. The van der Waals surface area contributed by atoms with Crippen LogP contribution in [0.15, 0.2) is 28.2 Å². The number of hydrogen-bond acceptors (Lipinski definition) is 4. The molecule has 0 saturated carbocycles. The molecule has 0 aliphatic carbocycles. The van der Waals surface area contributed by atoms with Crippen molar-refractivity contribution in [3.05, 3.63) is 29.5 Å². The topological polar surface area (TPSA) is 26.0 Å². The third kappa shape index (κ3) is 3.12. The summed E-state index contributed by atoms with van der Waals surface area (Å²) in [6.45, 7) is 2.22. The Balaban J connectivity index is 1.88. The van der Waals surface area contributed by atoms with Crippen LogP contribution in [0.3, 0.4) is 0 Å². The average Bonchev–Trinajstić information content (AvgIpc) is 2.94. The summed E-state index contributed by atoms with van der Waals surface area (Å²) in [4.78, 5) is 4.55. The molecule has 0 unspecified atom stereocenters. The van der Waals surface area contributed by atoms with Crippen molar-refractivity contribution in [1.82, 2.24) is 4.98 Å². The Morgan fingerprint density at radius 2 is 2.44 bits per heavy atom. The fourth-order valence-electron chi connectivity index (χ4n) is 1.31. The lowest BCUT2D eigenvalue weighted by molar-refractivity contribution is 0.581. The quantitative estimate of drug-likeness (QED) is 0.712. The first-order chi connectivity index (χ1) is 7.90. The van der Waals surface area contributed by atoms with Gasteiger partial charge < -0.3 is 4.42 Å². The van der Waals surface area contributed by atoms with Crippen molar-refractivity contribution in [2.45, 2.75) is 25.5 Å². The lowest BCUT2D eigenvalue weighted by Gasteiger charge is -1.96. The molecule has 0 amide bonds. The standard InChI is InChI=1S/C12H15NOS2/c1-2-3-7-15-8-10-9-16-12(13-10)11-5-4-6-14-11/h4-6,9H,2-3,7-8H2,1H3. The molecule has 4 heteroatoms. The van der Waals surface area contributed by atoms with E-state index in [1.54, 1.807) is 17.6 Å². The van der Waals surface area contributed by atoms with Crippen LogP contribution in [0, 0.1) is 0 Å². The lowest BCUT2D eigenvalue weighted by Crippen LogP contribution is -1.83. The Kier molecular flexibility index (Phi) is 4.48. The van der Waals surface area contributed by atoms with E-state index in [4.69, 9.17) is 4.42 Å². The summed E-state index contributed by atoms with van der Waals surface area (Å²) in [5, 5.41) is 3.10. The second-order valence-electron chi connectivity index (χ2n) is 3.53. The van der Waals surface area contributed by atoms with Gasteiger partial charge in [0.15, 0.2) is 10.8 Å². The first-order valence-electron chi connectivity index (χ1n) is 5.46. The summed E-state index contributed by atoms with van der Waals surface area (Å²) in [7, 11) is 0. The third-order valence-electron chi connectivity index (χ3n) is 2.18. The van der Waals surface area contributed by atoms with Gasteiger partial charge in [-0.25, -0.2) is 4.98 Å². The summed E-state index contributed by atoms with van der Waals surface area (Å²) in [6.07, 6.45) is 4.24. The number of nitrogens with zero attached hydrogens (tertiary/aromatic N) is 1. The van der Waals surface area contributed by atoms with Crippen LogP contribution in [-0.4, -0.2) is 10.7 Å². The van der Waals surface area contributed by atoms with Gasteiger partial charge in [-0.1, -0.05) is 13.3 Å². The molecule has 0 radical (unpaired) electrons. The molecule has 0 saturated heterocycles. The van der Waals surface area contributed by atoms with E-state index >= 15 is 0 Å². The van der Waals surface area contributed by atoms with Crippen LogP contribution in [0.4, 0.5) is 0 Å². The van der Waals surface area contributed by atoms with E-state index in [0.717, 1.165) is 22.2 Å². The van der Waals surface area contributed by atoms with Gasteiger partial charge in [0, 0.05) is 11.1 Å². The SMILES string of the molecule is CCCCSCc1csc(-c2ccco2)n1. The van der Waals surface area contributed by atoms with Gasteiger partial charge in [-0.15, -0.1) is 11.3 Å². The number of hydrogen-bond donors (Lipinski definition) is 0. The highest BCUT2D eigenvalue weighted by Gasteiger charge is 2.06. The molecule has 0 aliphatic rings. The molecule has 0 aliphatic heterocycles. The van der Waals surface area contributed by atoms with Gasteiger partial charge in [0.05, 0.1) is 12.0 Å². The van der Waals surface area contributed by atoms with Crippen LogP contribution < -0.4 is 0 Å². The van der Waals surface area contributed by atoms with Gasteiger partial charge >= 0.3 is 0 Å². The number of aromatic nitrogens is 1. The minimum absolute atomic E-state index is 0.870. The van der Waals surface area contributed by atoms with Gasteiger partial charge in [0.25, 0.3) is 0 Å². The number of unbranched alkanes of at least 4 members (excludes halogenated alkanes) is 1. The summed E-state index contributed by atoms with van der Waals surface area (Å²) in [6, 6.07) is 3.85. The van der Waals surface area contributed by atoms with Gasteiger partial charge in [0.1, 0.15) is 0 Å². The zero-order chi connectivity index (χ0) is 11.2. The van der Waals surface area contributed by atoms with Crippen LogP contribution in [-0.2, 0) is 5.75 Å². The maximum absolute atomic E-state index is 5.32. The maximum Gasteiger partial charge on any atom is 0.162 e. The van der Waals surface area contributed by atoms with E-state index in [1.165, 1.54) is 18.6 Å². The molecule has 86 valence electrons. The lowest BCUT2D eigenvalue weighted by atomic mass is 10.4. The van der Waals surface area contributed by atoms with Crippen LogP contribution in [0.1, 0.15) is 25.5 Å². The molecule has 0 fully saturated rings. The Morgan fingerprint density at radius 1 is 1.50 bits per heavy atom. The second-order valence-corrected chi connectivity index (χ2v) is 5.49. The molecule has 2 aromatic heterocycles. The van der Waals surface area contributed by atoms with E-state index < -0.39 is 0 Å². The molecule has 0 aromatic carbocycles. The Labute approximate surface area is 104 Å². The second kappa shape index (κ2) is 6.11. The number of thioether (sulfide) groups is 1. The molecular weight excluding hydrogens is 238 g/mol. The van der Waals surface area contributed by atoms with Crippen molar-refractivity contribution < 1.29 is 4.42 Å². The van der Waals surface area contributed by atoms with Crippen LogP contribution in [0.5, 0.6) is 0 Å². The normalized spacial score (nSPS) is 10.8. The van der Waals surface area contributed by atoms with Crippen molar-refractivity contribution in [1.29, 1.82) is 0 Å². The van der Waals surface area contributed by atoms with Crippen LogP contribution in [0.25, 0.3) is 10.8 Å². The highest BCUT2D eigenvalue weighted by Crippen LogP contribution is 2.25. The molecule has 0 bridgehead atoms. The fraction of sp³-hybridized carbons (Fsp3) is 0.417. The first kappa shape index (κ1) is 11.7. The van der Waals surface area contributed by atoms with Gasteiger partial charge in [0.2, 0.25) is 0 Å². The first-order valence-corrected chi connectivity index (χ1v) is 7.49. The molecule has 2 heterocycles. The van der Waals surface area contributed by atoms with Crippen molar-refractivity contribution in [3.63, 3.8) is 0 Å². The molecule has 16 heavy (non-hydrogen) atoms. The fourth-order valence-corrected chi connectivity index (χ4v) is 3.20. The minimum atomic E-state index is 0.870. The molecule has 2 aromatic rings. The monoisotopic (exact) mass is 253 g/mol. The van der Waals surface area contributed by atoms with E-state index in [2.05, 4.69) is 17.3 Å². The largest absolute Gasteiger partial charge is 0.462 e. The molecule has 0 atom stereocenters. The minimum Gasteiger partial charge on any atom is -0.462 e. The number of furan rings is 1. The summed E-state index contributed by atoms with van der Waals surface area (Å²) in [5.74, 6) is 3.11. The Bertz CT molecular complexity index is 408. The summed E-state index contributed by atoms with van der Waals surface area (Å²) < 4.78 is 5.32. The predicted octanol–water partition coefficient (Wildman–Crippen LogP) is 4.44. The van der Waals surface area contributed by atoms with Crippen molar-refractivity contribution >= 4 is 23.1 Å². The Hall–Kier alpha value is -0.740. The Morgan fingerprint density at radius 3 is 3.19 bits per heavy atom. The maximum atomic E-state index is 5.32.